The van der Waals surface area contributed by atoms with Crippen molar-refractivity contribution >= 4 is 12.4 Å². The molecule has 0 radical (unpaired) electrons. The maximum atomic E-state index is 3.56. The molecular weight excluding hydrogens is 280 g/mol. The van der Waals surface area contributed by atoms with Crippen LogP contribution in [0.5, 0.6) is 0 Å². The lowest BCUT2D eigenvalue weighted by Crippen LogP contribution is -2.47. The van der Waals surface area contributed by atoms with Crippen molar-refractivity contribution < 1.29 is 0 Å². The summed E-state index contributed by atoms with van der Waals surface area (Å²) in [7, 11) is 0. The smallest absolute Gasteiger partial charge is 0.0222 e. The van der Waals surface area contributed by atoms with Crippen molar-refractivity contribution in [3.8, 4) is 0 Å². The second-order valence-electron chi connectivity index (χ2n) is 6.92. The average Bonchev–Trinajstić information content (AvgIpc) is 2.82. The maximum absolute atomic E-state index is 3.56. The molecule has 0 saturated carbocycles. The van der Waals surface area contributed by atoms with E-state index in [0.717, 1.165) is 5.92 Å². The summed E-state index contributed by atoms with van der Waals surface area (Å²) in [6.45, 7) is 7.50. The van der Waals surface area contributed by atoms with Gasteiger partial charge in [0.15, 0.2) is 0 Å². The molecule has 0 aromatic heterocycles. The molecule has 3 heteroatoms. The van der Waals surface area contributed by atoms with Gasteiger partial charge in [0.1, 0.15) is 0 Å². The summed E-state index contributed by atoms with van der Waals surface area (Å²) < 4.78 is 0. The van der Waals surface area contributed by atoms with E-state index in [9.17, 15) is 0 Å². The molecule has 2 saturated heterocycles. The number of hydrogen-bond acceptors (Lipinski definition) is 2. The highest BCUT2D eigenvalue weighted by Gasteiger charge is 2.37. The first-order valence-electron chi connectivity index (χ1n) is 8.26. The highest BCUT2D eigenvalue weighted by molar-refractivity contribution is 5.85. The summed E-state index contributed by atoms with van der Waals surface area (Å²) >= 11 is 0. The second kappa shape index (κ2) is 7.62. The Hall–Kier alpha value is -0.570. The third-order valence-electron chi connectivity index (χ3n) is 5.21. The van der Waals surface area contributed by atoms with E-state index in [1.165, 1.54) is 63.8 Å². The van der Waals surface area contributed by atoms with Crippen LogP contribution in [0.1, 0.15) is 38.2 Å². The fraction of sp³-hybridized carbons (Fsp3) is 0.667. The molecule has 0 spiro atoms. The molecule has 118 valence electrons. The number of benzene rings is 1. The molecule has 2 fully saturated rings. The first kappa shape index (κ1) is 16.8. The minimum atomic E-state index is 0. The van der Waals surface area contributed by atoms with Gasteiger partial charge in [-0.15, -0.1) is 12.4 Å². The van der Waals surface area contributed by atoms with Crippen molar-refractivity contribution in [1.82, 2.24) is 10.2 Å². The van der Waals surface area contributed by atoms with Crippen LogP contribution in [-0.2, 0) is 6.42 Å². The van der Waals surface area contributed by atoms with Gasteiger partial charge in [0.2, 0.25) is 0 Å². The number of halogens is 1. The van der Waals surface area contributed by atoms with Crippen molar-refractivity contribution in [3.05, 3.63) is 35.9 Å². The van der Waals surface area contributed by atoms with Crippen molar-refractivity contribution in [2.75, 3.05) is 26.2 Å². The van der Waals surface area contributed by atoms with Crippen molar-refractivity contribution in [1.29, 1.82) is 0 Å². The van der Waals surface area contributed by atoms with Crippen LogP contribution >= 0.6 is 12.4 Å². The third kappa shape index (κ3) is 4.21. The molecule has 21 heavy (non-hydrogen) atoms. The van der Waals surface area contributed by atoms with Crippen LogP contribution in [0.25, 0.3) is 0 Å². The van der Waals surface area contributed by atoms with Crippen LogP contribution in [0, 0.1) is 5.92 Å². The fourth-order valence-electron chi connectivity index (χ4n) is 4.02. The van der Waals surface area contributed by atoms with Gasteiger partial charge in [0.05, 0.1) is 0 Å². The van der Waals surface area contributed by atoms with E-state index in [4.69, 9.17) is 0 Å². The fourth-order valence-corrected chi connectivity index (χ4v) is 4.02. The van der Waals surface area contributed by atoms with Gasteiger partial charge in [-0.1, -0.05) is 30.3 Å². The zero-order valence-electron chi connectivity index (χ0n) is 13.2. The van der Waals surface area contributed by atoms with E-state index >= 15 is 0 Å². The largest absolute Gasteiger partial charge is 0.316 e. The minimum absolute atomic E-state index is 0. The number of nitrogens with one attached hydrogen (secondary N) is 1. The lowest BCUT2D eigenvalue weighted by molar-refractivity contribution is 0.122. The van der Waals surface area contributed by atoms with Crippen molar-refractivity contribution in [3.63, 3.8) is 0 Å². The topological polar surface area (TPSA) is 15.3 Å². The van der Waals surface area contributed by atoms with Gasteiger partial charge in [0, 0.05) is 12.1 Å². The van der Waals surface area contributed by atoms with Gasteiger partial charge in [-0.2, -0.15) is 0 Å². The predicted octanol–water partition coefficient (Wildman–Crippen LogP) is 3.51. The van der Waals surface area contributed by atoms with Crippen molar-refractivity contribution in [2.45, 2.75) is 44.6 Å². The number of piperidine rings is 1. The summed E-state index contributed by atoms with van der Waals surface area (Å²) in [6, 6.07) is 11.0. The molecule has 2 heterocycles. The lowest BCUT2D eigenvalue weighted by atomic mass is 9.89. The number of likely N-dealkylation sites (tertiary alicyclic amines) is 1. The molecule has 2 aliphatic rings. The Balaban J connectivity index is 0.00000161. The molecule has 2 nitrogen and oxygen atoms in total. The number of hydrogen-bond donors (Lipinski definition) is 1. The van der Waals surface area contributed by atoms with Gasteiger partial charge in [-0.25, -0.2) is 0 Å². The molecule has 2 aliphatic heterocycles. The molecular formula is C18H29ClN2. The Morgan fingerprint density at radius 3 is 2.76 bits per heavy atom. The molecule has 0 aliphatic carbocycles. The molecule has 2 unspecified atom stereocenters. The number of rotatable bonds is 4. The maximum Gasteiger partial charge on any atom is 0.0222 e. The monoisotopic (exact) mass is 308 g/mol. The van der Waals surface area contributed by atoms with E-state index < -0.39 is 0 Å². The Bertz CT molecular complexity index is 416. The van der Waals surface area contributed by atoms with E-state index in [1.807, 2.05) is 0 Å². The molecule has 1 aromatic carbocycles. The summed E-state index contributed by atoms with van der Waals surface area (Å²) in [5.41, 5.74) is 1.86. The first-order valence-corrected chi connectivity index (χ1v) is 8.26. The van der Waals surface area contributed by atoms with Gasteiger partial charge in [0.25, 0.3) is 0 Å². The lowest BCUT2D eigenvalue weighted by Gasteiger charge is -2.38. The summed E-state index contributed by atoms with van der Waals surface area (Å²) in [5.74, 6) is 0.858. The Labute approximate surface area is 135 Å². The van der Waals surface area contributed by atoms with Crippen LogP contribution in [0.4, 0.5) is 0 Å². The Kier molecular flexibility index (Phi) is 6.09. The van der Waals surface area contributed by atoms with Crippen LogP contribution in [0.15, 0.2) is 30.3 Å². The Morgan fingerprint density at radius 2 is 2.05 bits per heavy atom. The Morgan fingerprint density at radius 1 is 1.24 bits per heavy atom. The SMILES string of the molecule is CC1(Cc2ccccc2)CCCN1CC1CCCNC1.Cl. The molecule has 0 bridgehead atoms. The summed E-state index contributed by atoms with van der Waals surface area (Å²) in [4.78, 5) is 2.78. The normalized spacial score (nSPS) is 30.0. The van der Waals surface area contributed by atoms with Crippen LogP contribution in [0.2, 0.25) is 0 Å². The average molecular weight is 309 g/mol. The quantitative estimate of drug-likeness (QED) is 0.916. The van der Waals surface area contributed by atoms with Gasteiger partial charge >= 0.3 is 0 Å². The summed E-state index contributed by atoms with van der Waals surface area (Å²) in [5, 5.41) is 3.56. The van der Waals surface area contributed by atoms with E-state index in [1.54, 1.807) is 0 Å². The van der Waals surface area contributed by atoms with Crippen LogP contribution in [0.3, 0.4) is 0 Å². The first-order chi connectivity index (χ1) is 9.76. The van der Waals surface area contributed by atoms with E-state index in [0.29, 0.717) is 5.54 Å². The summed E-state index contributed by atoms with van der Waals surface area (Å²) in [6.07, 6.45) is 6.68. The van der Waals surface area contributed by atoms with Crippen molar-refractivity contribution in [2.24, 2.45) is 5.92 Å². The highest BCUT2D eigenvalue weighted by atomic mass is 35.5. The van der Waals surface area contributed by atoms with Gasteiger partial charge in [-0.05, 0) is 70.1 Å². The zero-order valence-corrected chi connectivity index (χ0v) is 14.0. The second-order valence-corrected chi connectivity index (χ2v) is 6.92. The molecule has 3 rings (SSSR count). The number of nitrogens with zero attached hydrogens (tertiary/aromatic N) is 1. The van der Waals surface area contributed by atoms with Gasteiger partial charge in [-0.3, -0.25) is 4.90 Å². The van der Waals surface area contributed by atoms with E-state index in [2.05, 4.69) is 47.5 Å². The van der Waals surface area contributed by atoms with Gasteiger partial charge < -0.3 is 5.32 Å². The molecule has 1 aromatic rings. The van der Waals surface area contributed by atoms with Crippen LogP contribution in [-0.4, -0.2) is 36.6 Å². The highest BCUT2D eigenvalue weighted by Crippen LogP contribution is 2.33. The van der Waals surface area contributed by atoms with E-state index in [-0.39, 0.29) is 12.4 Å². The predicted molar refractivity (Wildman–Crippen MR) is 92.2 cm³/mol. The van der Waals surface area contributed by atoms with Crippen LogP contribution < -0.4 is 5.32 Å². The standard InChI is InChI=1S/C18H28N2.ClH/c1-18(13-16-7-3-2-4-8-16)10-6-12-20(18)15-17-9-5-11-19-14-17;/h2-4,7-8,17,19H,5-6,9-15H2,1H3;1H. The molecule has 2 atom stereocenters. The zero-order chi connectivity index (χ0) is 13.8. The minimum Gasteiger partial charge on any atom is -0.316 e. The molecule has 0 amide bonds. The molecule has 1 N–H and O–H groups in total. The third-order valence-corrected chi connectivity index (χ3v) is 5.21.